The molecule has 5 aliphatic heterocycles. The second-order valence-corrected chi connectivity index (χ2v) is 39.6. The predicted molar refractivity (Wildman–Crippen MR) is 604 cm³/mol. The lowest BCUT2D eigenvalue weighted by Crippen LogP contribution is -2.20. The van der Waals surface area contributed by atoms with Crippen LogP contribution in [0.25, 0.3) is 10.4 Å². The van der Waals surface area contributed by atoms with Gasteiger partial charge in [0, 0.05) is 67.4 Å². The average molecular weight is 2080 g/mol. The van der Waals surface area contributed by atoms with E-state index in [1.165, 1.54) is 107 Å². The van der Waals surface area contributed by atoms with Gasteiger partial charge in [-0.25, -0.2) is 4.79 Å². The quantitative estimate of drug-likeness (QED) is 0.0253. The molecule has 4 atom stereocenters. The van der Waals surface area contributed by atoms with Gasteiger partial charge in [-0.3, -0.25) is 47.9 Å². The number of benzene rings is 6. The summed E-state index contributed by atoms with van der Waals surface area (Å²) >= 11 is 7.72. The zero-order valence-corrected chi connectivity index (χ0v) is 89.3. The molecule has 0 fully saturated rings. The van der Waals surface area contributed by atoms with Crippen molar-refractivity contribution in [1.82, 2.24) is 0 Å². The van der Waals surface area contributed by atoms with Gasteiger partial charge in [0.25, 0.3) is 0 Å². The largest absolute Gasteiger partial charge is 0.497 e. The minimum Gasteiger partial charge on any atom is -0.497 e. The Morgan fingerprint density at radius 1 is 0.342 bits per heavy atom. The van der Waals surface area contributed by atoms with Gasteiger partial charge in [-0.2, -0.15) is 0 Å². The van der Waals surface area contributed by atoms with Gasteiger partial charge in [0.05, 0.1) is 52.1 Å². The predicted octanol–water partition coefficient (Wildman–Crippen LogP) is 26.5. The normalized spacial score (nSPS) is 15.5. The molecule has 5 aliphatic rings. The van der Waals surface area contributed by atoms with Crippen molar-refractivity contribution in [3.63, 3.8) is 0 Å². The first-order valence-corrected chi connectivity index (χ1v) is 51.6. The molecule has 0 spiro atoms. The summed E-state index contributed by atoms with van der Waals surface area (Å²) in [6, 6.07) is 48.9. The summed E-state index contributed by atoms with van der Waals surface area (Å²) in [6.07, 6.45) is 53.6. The van der Waals surface area contributed by atoms with Gasteiger partial charge >= 0.3 is 5.97 Å². The third kappa shape index (κ3) is 53.5. The van der Waals surface area contributed by atoms with E-state index in [9.17, 15) is 52.7 Å². The van der Waals surface area contributed by atoms with Crippen LogP contribution in [-0.2, 0) is 108 Å². The maximum atomic E-state index is 12.1. The molecule has 0 amide bonds. The van der Waals surface area contributed by atoms with Gasteiger partial charge < -0.3 is 42.6 Å². The van der Waals surface area contributed by atoms with Crippen LogP contribution in [0.15, 0.2) is 421 Å². The van der Waals surface area contributed by atoms with Crippen LogP contribution in [0.3, 0.4) is 0 Å². The van der Waals surface area contributed by atoms with Gasteiger partial charge in [0.1, 0.15) is 84.8 Å². The van der Waals surface area contributed by atoms with Crippen molar-refractivity contribution in [2.45, 2.75) is 120 Å². The summed E-state index contributed by atoms with van der Waals surface area (Å²) in [4.78, 5) is 129. The van der Waals surface area contributed by atoms with Crippen molar-refractivity contribution < 1.29 is 95.4 Å². The van der Waals surface area contributed by atoms with Gasteiger partial charge in [0.2, 0.25) is 25.6 Å². The van der Waals surface area contributed by atoms with Crippen LogP contribution in [0.1, 0.15) is 98.6 Å². The second-order valence-electron chi connectivity index (χ2n) is 31.7. The lowest BCUT2D eigenvalue weighted by Gasteiger charge is -2.20. The number of thioether (sulfide) groups is 5. The Kier molecular flexibility index (Phi) is 62.1. The van der Waals surface area contributed by atoms with Crippen LogP contribution in [0.5, 0.6) is 23.0 Å². The number of Topliss-reactive ketones (excluding diaryl/α,β-unsaturated/α-hetero) is 5. The summed E-state index contributed by atoms with van der Waals surface area (Å²) < 4.78 is 47.9. The molecule has 20 nitrogen and oxygen atoms in total. The average Bonchev–Trinajstić information content (AvgIpc) is 1.70. The van der Waals surface area contributed by atoms with Gasteiger partial charge in [-0.1, -0.05) is 361 Å². The number of allylic oxidation sites excluding steroid dienone is 24. The van der Waals surface area contributed by atoms with Crippen molar-refractivity contribution in [2.75, 3.05) is 53.9 Å². The number of esters is 1. The molecular formula is C120H130O20S6. The second kappa shape index (κ2) is 73.0. The number of hydrogen-bond acceptors (Lipinski definition) is 26. The van der Waals surface area contributed by atoms with Crippen molar-refractivity contribution in [3.05, 3.63) is 460 Å². The van der Waals surface area contributed by atoms with E-state index >= 15 is 0 Å². The molecule has 26 heteroatoms. The molecule has 0 aliphatic carbocycles. The van der Waals surface area contributed by atoms with E-state index in [1.807, 2.05) is 278 Å². The monoisotopic (exact) mass is 2080 g/mol. The Labute approximate surface area is 886 Å². The minimum absolute atomic E-state index is 0.0000717. The fourth-order valence-corrected chi connectivity index (χ4v) is 16.8. The Morgan fingerprint density at radius 2 is 0.630 bits per heavy atom. The van der Waals surface area contributed by atoms with Crippen LogP contribution in [0.4, 0.5) is 0 Å². The van der Waals surface area contributed by atoms with Crippen LogP contribution in [0, 0.1) is 6.92 Å². The summed E-state index contributed by atoms with van der Waals surface area (Å²) in [5, 5.41) is 1.85. The van der Waals surface area contributed by atoms with Crippen molar-refractivity contribution in [2.24, 2.45) is 0 Å². The molecule has 0 N–H and O–H groups in total. The minimum atomic E-state index is -0.412. The summed E-state index contributed by atoms with van der Waals surface area (Å²) in [7, 11) is 2.92. The molecule has 6 aromatic carbocycles. The highest BCUT2D eigenvalue weighted by molar-refractivity contribution is 8.16. The molecular weight excluding hydrogens is 1950 g/mol. The topological polar surface area (TPSA) is 271 Å². The molecule has 766 valence electrons. The highest BCUT2D eigenvalue weighted by atomic mass is 32.2. The van der Waals surface area contributed by atoms with E-state index in [4.69, 9.17) is 37.9 Å². The van der Waals surface area contributed by atoms with Gasteiger partial charge in [-0.05, 0) is 160 Å². The van der Waals surface area contributed by atoms with Crippen LogP contribution >= 0.6 is 70.1 Å². The highest BCUT2D eigenvalue weighted by Crippen LogP contribution is 2.40. The third-order valence-corrected chi connectivity index (χ3v) is 25.0. The van der Waals surface area contributed by atoms with E-state index in [2.05, 4.69) is 70.4 Å². The zero-order valence-electron chi connectivity index (χ0n) is 84.4. The first-order valence-electron chi connectivity index (χ1n) is 46.4. The fourth-order valence-electron chi connectivity index (χ4n) is 12.0. The lowest BCUT2D eigenvalue weighted by molar-refractivity contribution is -0.122. The number of thiophene rings is 1. The molecule has 146 heavy (non-hydrogen) atoms. The molecule has 7 aromatic rings. The SMILES string of the molecule is C=C/C=C/C=C/C=C.C=C/C=C/C=C/C=C.C=C/C=C/C=C/C=C.C=C/C=C/C=C/C=C.CC1(C)SC(=O)C=C1OCC(=O)Cc1ccc(-c2cccs2)cc1.CCCOc1ccc(CC(=O)COC2=CC(=O)SC2C)cc1.COC(=O)c1ccc(CC(=O)COC2=CC(=O)SC2C)cc1.COc1ccc(CC(=O)COC2=CC(=O)SC2C)cc1.Cc1ccc(Oc2ccc(CC(=O)COC3=CC(=O)SC3C)cc2)cc1. The van der Waals surface area contributed by atoms with E-state index < -0.39 is 5.97 Å². The number of methoxy groups -OCH3 is 2. The molecule has 4 unspecified atom stereocenters. The van der Waals surface area contributed by atoms with Crippen LogP contribution < -0.4 is 14.2 Å². The molecule has 0 saturated carbocycles. The maximum absolute atomic E-state index is 12.1. The Balaban J connectivity index is 0.000000354. The van der Waals surface area contributed by atoms with Gasteiger partial charge in [0.15, 0.2) is 28.9 Å². The maximum Gasteiger partial charge on any atom is 0.337 e. The number of carbonyl (C=O) groups is 11. The van der Waals surface area contributed by atoms with E-state index in [0.29, 0.717) is 60.2 Å². The molecule has 12 rings (SSSR count). The van der Waals surface area contributed by atoms with Gasteiger partial charge in [-0.15, -0.1) is 11.3 Å². The molecule has 0 radical (unpaired) electrons. The smallest absolute Gasteiger partial charge is 0.337 e. The van der Waals surface area contributed by atoms with E-state index in [1.54, 1.807) is 91.3 Å². The molecule has 1 aromatic heterocycles. The third-order valence-electron chi connectivity index (χ3n) is 19.3. The molecule has 0 bridgehead atoms. The number of hydrogen-bond donors (Lipinski definition) is 0. The van der Waals surface area contributed by atoms with Crippen molar-refractivity contribution in [1.29, 1.82) is 0 Å². The summed E-state index contributed by atoms with van der Waals surface area (Å²) in [5.74, 6) is 5.39. The van der Waals surface area contributed by atoms with Crippen molar-refractivity contribution in [3.8, 4) is 33.4 Å². The van der Waals surface area contributed by atoms with Crippen molar-refractivity contribution >= 4 is 131 Å². The summed E-state index contributed by atoms with van der Waals surface area (Å²) in [6.45, 7) is 44.1. The highest BCUT2D eigenvalue weighted by Gasteiger charge is 2.36. The Bertz CT molecular complexity index is 5700. The first kappa shape index (κ1) is 124. The van der Waals surface area contributed by atoms with E-state index in [-0.39, 0.29) is 126 Å². The first-order chi connectivity index (χ1) is 70.2. The number of rotatable bonds is 45. The molecule has 0 saturated heterocycles. The van der Waals surface area contributed by atoms with Crippen LogP contribution in [-0.4, -0.2) is 140 Å². The fraction of sp³-hybridized carbons (Fsp3) is 0.225. The number of ether oxygens (including phenoxy) is 9. The number of ketones is 5. The Hall–Kier alpha value is -14.1. The number of aryl methyl sites for hydroxylation is 1. The zero-order chi connectivity index (χ0) is 107. The summed E-state index contributed by atoms with van der Waals surface area (Å²) in [5.41, 5.74) is 7.28. The van der Waals surface area contributed by atoms with E-state index in [0.717, 1.165) is 62.8 Å². The molecule has 6 heterocycles. The lowest BCUT2D eigenvalue weighted by atomic mass is 10.1. The van der Waals surface area contributed by atoms with Crippen LogP contribution in [0.2, 0.25) is 0 Å². The number of carbonyl (C=O) groups excluding carboxylic acids is 11. The Morgan fingerprint density at radius 3 is 0.890 bits per heavy atom. The standard InChI is InChI=1S/C21H20O4S.C19H18O3S2.C17H20O4S.C16H16O5S.C15H16O4S.4C8H10/c1-14-3-7-18(8-4-14)25-19-9-5-16(6-10-19)11-17(22)13-24-20-12-21(23)26-15(20)2;1-19(2)17(11-18(21)24-19)22-12-15(20)10-13-5-7-14(8-6-13)16-4-3-9-23-16;1-3-8-20-15-6-4-13(5-7-15)9-14(18)11-21-16-10-17(19)22-12(16)2;1-10-14(8-15(18)22-10)21-9-13(17)7-11-3-5-12(6-4-11)16(19)20-2;1-10-14(8-15(17)20-10)19-9-12(16)7-11-3-5-13(18-2)6-4-11;4*1-3-5-7-8-6-4-2/h3-10,12,15H,11,13H2,1-2H3;3-9,11H,10,12H2,1-2H3;4-7,10,12H,3,8-9,11H2,1-2H3;3-6,8,10H,7,9H2,1-2H3;3-6,8,10H,7,9H2,1-2H3;4*3-8H,1-2H2/b;;;;;4*7-5+,8-6+.